The fourth-order valence-corrected chi connectivity index (χ4v) is 3.77. The van der Waals surface area contributed by atoms with Gasteiger partial charge in [0, 0.05) is 0 Å². The molecule has 0 aliphatic rings. The normalized spacial score (nSPS) is 10.4. The Balaban J connectivity index is 1.86. The number of methoxy groups -OCH3 is 2. The van der Waals surface area contributed by atoms with Gasteiger partial charge < -0.3 is 14.8 Å². The molecule has 2 heterocycles. The molecule has 1 aromatic carbocycles. The van der Waals surface area contributed by atoms with Crippen LogP contribution in [0.3, 0.4) is 0 Å². The van der Waals surface area contributed by atoms with Crippen LogP contribution in [0.1, 0.15) is 10.4 Å². The lowest BCUT2D eigenvalue weighted by Crippen LogP contribution is -2.30. The van der Waals surface area contributed by atoms with Crippen LogP contribution >= 0.6 is 22.7 Å². The second-order valence-electron chi connectivity index (χ2n) is 4.56. The fraction of sp³-hybridized carbons (Fsp3) is 0.133. The Morgan fingerprint density at radius 2 is 2.04 bits per heavy atom. The predicted molar refractivity (Wildman–Crippen MR) is 93.6 cm³/mol. The molecule has 0 aliphatic heterocycles. The van der Waals surface area contributed by atoms with Crippen LogP contribution in [0, 0.1) is 0 Å². The number of fused-ring (bicyclic) bond motifs is 1. The van der Waals surface area contributed by atoms with E-state index in [1.165, 1.54) is 29.8 Å². The highest BCUT2D eigenvalue weighted by atomic mass is 32.1. The van der Waals surface area contributed by atoms with Crippen LogP contribution in [0.5, 0.6) is 5.75 Å². The van der Waals surface area contributed by atoms with Gasteiger partial charge in [-0.1, -0.05) is 17.4 Å². The van der Waals surface area contributed by atoms with Crippen molar-refractivity contribution in [2.45, 2.75) is 0 Å². The molecule has 2 N–H and O–H groups in total. The van der Waals surface area contributed by atoms with Crippen molar-refractivity contribution in [1.82, 2.24) is 10.3 Å². The Hall–Kier alpha value is -2.65. The van der Waals surface area contributed by atoms with Gasteiger partial charge in [-0.2, -0.15) is 0 Å². The number of aromatic nitrogens is 1. The number of benzene rings is 1. The molecule has 0 saturated carbocycles. The number of nitrogens with one attached hydrogen (secondary N) is 2. The summed E-state index contributed by atoms with van der Waals surface area (Å²) in [7, 11) is 2.79. The zero-order valence-corrected chi connectivity index (χ0v) is 14.4. The average Bonchev–Trinajstić information content (AvgIpc) is 3.20. The maximum Gasteiger partial charge on any atom is 0.413 e. The van der Waals surface area contributed by atoms with Crippen LogP contribution in [0.4, 0.5) is 14.9 Å². The van der Waals surface area contributed by atoms with Gasteiger partial charge in [-0.05, 0) is 23.6 Å². The number of amides is 2. The van der Waals surface area contributed by atoms with Crippen molar-refractivity contribution in [3.63, 3.8) is 0 Å². The van der Waals surface area contributed by atoms with Gasteiger partial charge in [0.15, 0.2) is 5.13 Å². The number of imide groups is 1. The molecule has 0 unspecified atom stereocenters. The largest absolute Gasteiger partial charge is 0.494 e. The van der Waals surface area contributed by atoms with E-state index in [9.17, 15) is 9.59 Å². The first-order valence-electron chi connectivity index (χ1n) is 6.79. The highest BCUT2D eigenvalue weighted by molar-refractivity contribution is 7.22. The lowest BCUT2D eigenvalue weighted by atomic mass is 10.3. The molecular formula is C15H13N3O4S2. The molecule has 2 aromatic heterocycles. The molecule has 24 heavy (non-hydrogen) atoms. The summed E-state index contributed by atoms with van der Waals surface area (Å²) >= 11 is 2.78. The van der Waals surface area contributed by atoms with Crippen molar-refractivity contribution < 1.29 is 19.1 Å². The van der Waals surface area contributed by atoms with Crippen molar-refractivity contribution in [2.24, 2.45) is 0 Å². The quantitative estimate of drug-likeness (QED) is 0.736. The van der Waals surface area contributed by atoms with Crippen LogP contribution in [0.15, 0.2) is 29.6 Å². The molecule has 124 valence electrons. The van der Waals surface area contributed by atoms with Crippen LogP contribution < -0.4 is 15.4 Å². The van der Waals surface area contributed by atoms with E-state index in [4.69, 9.17) is 4.74 Å². The summed E-state index contributed by atoms with van der Waals surface area (Å²) in [6.07, 6.45) is -0.804. The van der Waals surface area contributed by atoms with Crippen LogP contribution in [0.2, 0.25) is 0 Å². The van der Waals surface area contributed by atoms with Crippen molar-refractivity contribution in [3.05, 3.63) is 35.2 Å². The molecular weight excluding hydrogens is 350 g/mol. The maximum absolute atomic E-state index is 12.1. The van der Waals surface area contributed by atoms with Crippen LogP contribution in [0.25, 0.3) is 10.2 Å². The highest BCUT2D eigenvalue weighted by Gasteiger charge is 2.17. The molecule has 0 fully saturated rings. The van der Waals surface area contributed by atoms with E-state index in [1.807, 2.05) is 18.2 Å². The minimum Gasteiger partial charge on any atom is -0.494 e. The first kappa shape index (κ1) is 16.2. The van der Waals surface area contributed by atoms with Crippen LogP contribution in [-0.4, -0.2) is 31.2 Å². The smallest absolute Gasteiger partial charge is 0.413 e. The summed E-state index contributed by atoms with van der Waals surface area (Å²) in [6, 6.07) is 7.30. The number of carbonyl (C=O) groups excluding carboxylic acids is 2. The van der Waals surface area contributed by atoms with Gasteiger partial charge in [-0.3, -0.25) is 10.1 Å². The van der Waals surface area contributed by atoms with Gasteiger partial charge in [-0.15, -0.1) is 11.3 Å². The number of alkyl carbamates (subject to hydrolysis) is 1. The van der Waals surface area contributed by atoms with E-state index in [-0.39, 0.29) is 0 Å². The second kappa shape index (κ2) is 6.85. The molecule has 0 bridgehead atoms. The van der Waals surface area contributed by atoms with Crippen molar-refractivity contribution in [2.75, 3.05) is 19.5 Å². The predicted octanol–water partition coefficient (Wildman–Crippen LogP) is 3.61. The zero-order valence-electron chi connectivity index (χ0n) is 12.8. The molecule has 2 amide bonds. The molecule has 0 aliphatic carbocycles. The summed E-state index contributed by atoms with van der Waals surface area (Å²) in [6.45, 7) is 0. The van der Waals surface area contributed by atoms with E-state index in [2.05, 4.69) is 20.4 Å². The van der Waals surface area contributed by atoms with Crippen molar-refractivity contribution in [3.8, 4) is 5.75 Å². The van der Waals surface area contributed by atoms with Crippen molar-refractivity contribution >= 4 is 55.0 Å². The number of nitrogens with zero attached hydrogens (tertiary/aromatic N) is 1. The molecule has 7 nitrogen and oxygen atoms in total. The minimum atomic E-state index is -0.804. The monoisotopic (exact) mass is 363 g/mol. The minimum absolute atomic E-state index is 0.344. The van der Waals surface area contributed by atoms with E-state index in [1.54, 1.807) is 18.6 Å². The lowest BCUT2D eigenvalue weighted by molar-refractivity contribution is 0.0938. The number of anilines is 2. The molecule has 0 atom stereocenters. The number of para-hydroxylation sites is 1. The van der Waals surface area contributed by atoms with Gasteiger partial charge in [0.25, 0.3) is 5.91 Å². The first-order valence-corrected chi connectivity index (χ1v) is 8.49. The highest BCUT2D eigenvalue weighted by Crippen LogP contribution is 2.35. The summed E-state index contributed by atoms with van der Waals surface area (Å²) < 4.78 is 10.7. The van der Waals surface area contributed by atoms with Crippen molar-refractivity contribution in [1.29, 1.82) is 0 Å². The molecule has 0 spiro atoms. The zero-order chi connectivity index (χ0) is 17.1. The third kappa shape index (κ3) is 3.17. The summed E-state index contributed by atoms with van der Waals surface area (Å²) in [5, 5.41) is 8.23. The second-order valence-corrected chi connectivity index (χ2v) is 6.51. The number of thiophene rings is 1. The molecule has 0 saturated heterocycles. The molecule has 3 aromatic rings. The van der Waals surface area contributed by atoms with E-state index >= 15 is 0 Å². The van der Waals surface area contributed by atoms with Gasteiger partial charge in [-0.25, -0.2) is 9.78 Å². The molecule has 3 rings (SSSR count). The van der Waals surface area contributed by atoms with E-state index in [0.717, 1.165) is 10.2 Å². The number of hydrogen-bond donors (Lipinski definition) is 2. The fourth-order valence-electron chi connectivity index (χ4n) is 2.03. The maximum atomic E-state index is 12.1. The van der Waals surface area contributed by atoms with E-state index < -0.39 is 12.0 Å². The number of thiazole rings is 1. The van der Waals surface area contributed by atoms with Gasteiger partial charge in [0.2, 0.25) is 0 Å². The average molecular weight is 363 g/mol. The van der Waals surface area contributed by atoms with Crippen LogP contribution in [-0.2, 0) is 4.74 Å². The van der Waals surface area contributed by atoms with E-state index in [0.29, 0.717) is 21.4 Å². The third-order valence-electron chi connectivity index (χ3n) is 3.13. The first-order chi connectivity index (χ1) is 11.6. The number of rotatable bonds is 4. The Morgan fingerprint density at radius 3 is 2.79 bits per heavy atom. The topological polar surface area (TPSA) is 89.5 Å². The third-order valence-corrected chi connectivity index (χ3v) is 4.90. The number of carbonyl (C=O) groups is 2. The Bertz CT molecular complexity index is 903. The summed E-state index contributed by atoms with van der Waals surface area (Å²) in [5.74, 6) is 0.149. The molecule has 0 radical (unpaired) electrons. The van der Waals surface area contributed by atoms with Gasteiger partial charge in [0.05, 0.1) is 24.5 Å². The number of ether oxygens (including phenoxy) is 2. The number of hydrogen-bond acceptors (Lipinski definition) is 8. The lowest BCUT2D eigenvalue weighted by Gasteiger charge is -2.04. The summed E-state index contributed by atoms with van der Waals surface area (Å²) in [4.78, 5) is 27.8. The Kier molecular flexibility index (Phi) is 4.63. The standard InChI is InChI=1S/C15H13N3O4S2/c1-21-9-4-3-5-10-11(9)16-14(24-10)18-13-8(6-7-23-13)12(19)17-15(20)22-2/h3-7H,1-2H3,(H,16,18)(H,17,19,20). The Morgan fingerprint density at radius 1 is 1.21 bits per heavy atom. The van der Waals surface area contributed by atoms with Gasteiger partial charge in [0.1, 0.15) is 16.3 Å². The Labute approximate surface area is 145 Å². The molecule has 9 heteroatoms. The SMILES string of the molecule is COC(=O)NC(=O)c1ccsc1Nc1nc2c(OC)cccc2s1. The summed E-state index contributed by atoms with van der Waals surface area (Å²) in [5.41, 5.74) is 1.10. The van der Waals surface area contributed by atoms with Gasteiger partial charge >= 0.3 is 6.09 Å².